The van der Waals surface area contributed by atoms with E-state index in [0.717, 1.165) is 32.1 Å². The first-order chi connectivity index (χ1) is 11.6. The highest BCUT2D eigenvalue weighted by molar-refractivity contribution is 5.94. The van der Waals surface area contributed by atoms with Gasteiger partial charge in [-0.2, -0.15) is 9.50 Å². The van der Waals surface area contributed by atoms with E-state index in [9.17, 15) is 9.59 Å². The maximum atomic E-state index is 12.5. The molecule has 0 aliphatic heterocycles. The van der Waals surface area contributed by atoms with Crippen molar-refractivity contribution in [3.63, 3.8) is 0 Å². The molecule has 0 unspecified atom stereocenters. The molecular formula is C16H24N6O2. The second-order valence-corrected chi connectivity index (χ2v) is 6.28. The zero-order valence-electron chi connectivity index (χ0n) is 14.2. The first-order valence-corrected chi connectivity index (χ1v) is 8.65. The summed E-state index contributed by atoms with van der Waals surface area (Å²) in [6.45, 7) is 4.54. The summed E-state index contributed by atoms with van der Waals surface area (Å²) in [6.07, 6.45) is 5.35. The Morgan fingerprint density at radius 2 is 2.04 bits per heavy atom. The molecule has 1 fully saturated rings. The number of nitrogens with zero attached hydrogens (tertiary/aromatic N) is 4. The number of nitrogens with two attached hydrogens (primary N) is 1. The molecule has 3 rings (SSSR count). The Morgan fingerprint density at radius 1 is 1.33 bits per heavy atom. The van der Waals surface area contributed by atoms with Gasteiger partial charge in [0, 0.05) is 18.9 Å². The van der Waals surface area contributed by atoms with Crippen LogP contribution in [-0.2, 0) is 17.8 Å². The minimum Gasteiger partial charge on any atom is -0.391 e. The van der Waals surface area contributed by atoms with E-state index in [0.29, 0.717) is 30.4 Å². The number of hydrogen-bond donors (Lipinski definition) is 2. The predicted octanol–water partition coefficient (Wildman–Crippen LogP) is 1.57. The zero-order chi connectivity index (χ0) is 17.3. The highest BCUT2D eigenvalue weighted by atomic mass is 16.2. The van der Waals surface area contributed by atoms with Gasteiger partial charge in [-0.1, -0.05) is 26.7 Å². The highest BCUT2D eigenvalue weighted by Gasteiger charge is 2.26. The molecule has 24 heavy (non-hydrogen) atoms. The maximum absolute atomic E-state index is 12.5. The minimum atomic E-state index is -0.439. The lowest BCUT2D eigenvalue weighted by Crippen LogP contribution is -2.29. The number of nitrogens with one attached hydrogen (secondary N) is 1. The Balaban J connectivity index is 2.10. The van der Waals surface area contributed by atoms with Gasteiger partial charge in [-0.3, -0.25) is 14.2 Å². The van der Waals surface area contributed by atoms with Gasteiger partial charge in [0.05, 0.1) is 0 Å². The number of aromatic nitrogens is 4. The number of fused-ring (bicyclic) bond motifs is 1. The van der Waals surface area contributed by atoms with Gasteiger partial charge < -0.3 is 11.1 Å². The smallest absolute Gasteiger partial charge is 0.301 e. The fraction of sp³-hybridized carbons (Fsp3) is 0.625. The Kier molecular flexibility index (Phi) is 4.55. The van der Waals surface area contributed by atoms with Crippen molar-refractivity contribution in [3.8, 4) is 0 Å². The second-order valence-electron chi connectivity index (χ2n) is 6.28. The SMILES string of the molecule is CCCn1c(NC(=O)C2CCCC2)c(N)c(=O)n2nc(CC)nc12. The van der Waals surface area contributed by atoms with Crippen molar-refractivity contribution in [2.24, 2.45) is 5.92 Å². The number of anilines is 2. The Hall–Kier alpha value is -2.38. The van der Waals surface area contributed by atoms with E-state index in [1.165, 1.54) is 4.52 Å². The first kappa shape index (κ1) is 16.5. The van der Waals surface area contributed by atoms with Crippen LogP contribution >= 0.6 is 0 Å². The molecule has 3 N–H and O–H groups in total. The number of hydrogen-bond acceptors (Lipinski definition) is 5. The van der Waals surface area contributed by atoms with E-state index in [-0.39, 0.29) is 17.5 Å². The van der Waals surface area contributed by atoms with E-state index < -0.39 is 5.56 Å². The summed E-state index contributed by atoms with van der Waals surface area (Å²) >= 11 is 0. The molecule has 0 bridgehead atoms. The molecule has 1 aliphatic rings. The van der Waals surface area contributed by atoms with Crippen LogP contribution in [0, 0.1) is 5.92 Å². The van der Waals surface area contributed by atoms with Gasteiger partial charge in [0.2, 0.25) is 11.7 Å². The lowest BCUT2D eigenvalue weighted by atomic mass is 10.1. The van der Waals surface area contributed by atoms with E-state index in [4.69, 9.17) is 5.73 Å². The van der Waals surface area contributed by atoms with Crippen molar-refractivity contribution in [1.29, 1.82) is 0 Å². The summed E-state index contributed by atoms with van der Waals surface area (Å²) in [7, 11) is 0. The maximum Gasteiger partial charge on any atom is 0.301 e. The number of nitrogen functional groups attached to an aromatic ring is 1. The van der Waals surface area contributed by atoms with Crippen LogP contribution in [0.15, 0.2) is 4.79 Å². The third kappa shape index (κ3) is 2.76. The molecule has 8 nitrogen and oxygen atoms in total. The molecule has 2 aromatic heterocycles. The van der Waals surface area contributed by atoms with Gasteiger partial charge >= 0.3 is 5.56 Å². The summed E-state index contributed by atoms with van der Waals surface area (Å²) in [4.78, 5) is 29.4. The van der Waals surface area contributed by atoms with Crippen molar-refractivity contribution in [3.05, 3.63) is 16.2 Å². The Bertz CT molecular complexity index is 816. The van der Waals surface area contributed by atoms with Crippen molar-refractivity contribution in [2.45, 2.75) is 58.9 Å². The fourth-order valence-electron chi connectivity index (χ4n) is 3.24. The van der Waals surface area contributed by atoms with Crippen LogP contribution in [0.1, 0.15) is 51.8 Å². The lowest BCUT2D eigenvalue weighted by Gasteiger charge is -2.18. The van der Waals surface area contributed by atoms with Crippen LogP contribution in [0.4, 0.5) is 11.5 Å². The number of aryl methyl sites for hydroxylation is 2. The lowest BCUT2D eigenvalue weighted by molar-refractivity contribution is -0.119. The van der Waals surface area contributed by atoms with E-state index in [2.05, 4.69) is 15.4 Å². The van der Waals surface area contributed by atoms with Gasteiger partial charge in [0.25, 0.3) is 0 Å². The number of carbonyl (C=O) groups excluding carboxylic acids is 1. The van der Waals surface area contributed by atoms with Crippen molar-refractivity contribution >= 4 is 23.2 Å². The minimum absolute atomic E-state index is 0.00474. The molecule has 0 atom stereocenters. The molecule has 1 aliphatic carbocycles. The van der Waals surface area contributed by atoms with Gasteiger partial charge in [-0.25, -0.2) is 0 Å². The monoisotopic (exact) mass is 332 g/mol. The summed E-state index contributed by atoms with van der Waals surface area (Å²) < 4.78 is 3.02. The van der Waals surface area contributed by atoms with Crippen molar-refractivity contribution in [1.82, 2.24) is 19.2 Å². The number of carbonyl (C=O) groups is 1. The standard InChI is InChI=1S/C16H24N6O2/c1-3-9-21-13(19-14(23)10-7-5-6-8-10)12(17)15(24)22-16(21)18-11(4-2)20-22/h10H,3-9,17H2,1-2H3,(H,19,23). The van der Waals surface area contributed by atoms with Crippen LogP contribution in [-0.4, -0.2) is 25.1 Å². The topological polar surface area (TPSA) is 107 Å². The number of rotatable bonds is 5. The van der Waals surface area contributed by atoms with Gasteiger partial charge in [0.1, 0.15) is 11.5 Å². The number of amides is 1. The Labute approximate surface area is 140 Å². The van der Waals surface area contributed by atoms with Crippen LogP contribution in [0.5, 0.6) is 0 Å². The molecule has 0 saturated heterocycles. The quantitative estimate of drug-likeness (QED) is 0.864. The third-order valence-corrected chi connectivity index (χ3v) is 4.55. The molecule has 2 heterocycles. The molecule has 0 radical (unpaired) electrons. The molecular weight excluding hydrogens is 308 g/mol. The molecule has 8 heteroatoms. The summed E-state index contributed by atoms with van der Waals surface area (Å²) in [6, 6.07) is 0. The summed E-state index contributed by atoms with van der Waals surface area (Å²) in [5.74, 6) is 1.28. The average Bonchev–Trinajstić information content (AvgIpc) is 3.25. The largest absolute Gasteiger partial charge is 0.391 e. The van der Waals surface area contributed by atoms with Crippen molar-refractivity contribution in [2.75, 3.05) is 11.1 Å². The molecule has 130 valence electrons. The molecule has 1 amide bonds. The molecule has 0 spiro atoms. The van der Waals surface area contributed by atoms with Crippen LogP contribution in [0.3, 0.4) is 0 Å². The first-order valence-electron chi connectivity index (χ1n) is 8.65. The van der Waals surface area contributed by atoms with Crippen molar-refractivity contribution < 1.29 is 4.79 Å². The molecule has 2 aromatic rings. The normalized spacial score (nSPS) is 15.2. The third-order valence-electron chi connectivity index (χ3n) is 4.55. The van der Waals surface area contributed by atoms with E-state index in [1.807, 2.05) is 13.8 Å². The van der Waals surface area contributed by atoms with Crippen LogP contribution in [0.25, 0.3) is 5.78 Å². The molecule has 0 aromatic carbocycles. The fourth-order valence-corrected chi connectivity index (χ4v) is 3.24. The van der Waals surface area contributed by atoms with Gasteiger partial charge in [0.15, 0.2) is 5.82 Å². The second kappa shape index (κ2) is 6.62. The highest BCUT2D eigenvalue weighted by Crippen LogP contribution is 2.27. The van der Waals surface area contributed by atoms with E-state index in [1.54, 1.807) is 4.57 Å². The zero-order valence-corrected chi connectivity index (χ0v) is 14.2. The van der Waals surface area contributed by atoms with Gasteiger partial charge in [-0.05, 0) is 19.3 Å². The summed E-state index contributed by atoms with van der Waals surface area (Å²) in [5.41, 5.74) is 5.61. The van der Waals surface area contributed by atoms with Gasteiger partial charge in [-0.15, -0.1) is 5.10 Å². The summed E-state index contributed by atoms with van der Waals surface area (Å²) in [5, 5.41) is 7.10. The van der Waals surface area contributed by atoms with Crippen LogP contribution in [0.2, 0.25) is 0 Å². The Morgan fingerprint density at radius 3 is 2.67 bits per heavy atom. The predicted molar refractivity (Wildman–Crippen MR) is 91.9 cm³/mol. The molecule has 1 saturated carbocycles. The van der Waals surface area contributed by atoms with Crippen LogP contribution < -0.4 is 16.6 Å². The van der Waals surface area contributed by atoms with E-state index >= 15 is 0 Å². The average molecular weight is 332 g/mol.